The van der Waals surface area contributed by atoms with Gasteiger partial charge in [-0.05, 0) is 18.8 Å². The van der Waals surface area contributed by atoms with Crippen LogP contribution in [0.4, 0.5) is 0 Å². The Kier molecular flexibility index (Phi) is 20.3. The smallest absolute Gasteiger partial charge is 0.219 e. The summed E-state index contributed by atoms with van der Waals surface area (Å²) >= 11 is 0. The van der Waals surface area contributed by atoms with E-state index in [0.29, 0.717) is 19.4 Å². The summed E-state index contributed by atoms with van der Waals surface area (Å²) in [6.07, 6.45) is 21.6. The molecule has 0 aromatic heterocycles. The van der Waals surface area contributed by atoms with Gasteiger partial charge in [0.05, 0.1) is 0 Å². The largest absolute Gasteiger partial charge is 0.396 e. The normalized spacial score (nSPS) is 11.2. The summed E-state index contributed by atoms with van der Waals surface area (Å²) in [5.74, 6) is 1.01. The van der Waals surface area contributed by atoms with Crippen molar-refractivity contribution in [2.75, 3.05) is 13.2 Å². The zero-order valence-corrected chi connectivity index (χ0v) is 17.9. The number of rotatable bonds is 20. The first-order valence-corrected chi connectivity index (χ1v) is 11.5. The average molecular weight is 370 g/mol. The maximum Gasteiger partial charge on any atom is 0.219 e. The van der Waals surface area contributed by atoms with E-state index < -0.39 is 0 Å². The fraction of sp³-hybridized carbons (Fsp3) is 0.957. The second-order valence-electron chi connectivity index (χ2n) is 8.31. The highest BCUT2D eigenvalue weighted by atomic mass is 16.3. The van der Waals surface area contributed by atoms with Crippen molar-refractivity contribution in [2.45, 2.75) is 123 Å². The van der Waals surface area contributed by atoms with E-state index in [1.165, 1.54) is 89.9 Å². The Labute approximate surface area is 163 Å². The number of carbonyl (C=O) groups is 1. The van der Waals surface area contributed by atoms with Crippen LogP contribution in [0.15, 0.2) is 0 Å². The van der Waals surface area contributed by atoms with Gasteiger partial charge in [-0.2, -0.15) is 0 Å². The van der Waals surface area contributed by atoms with Gasteiger partial charge in [0.15, 0.2) is 0 Å². The fourth-order valence-electron chi connectivity index (χ4n) is 3.35. The summed E-state index contributed by atoms with van der Waals surface area (Å²) < 4.78 is 0. The molecule has 0 atom stereocenters. The Bertz CT molecular complexity index is 292. The zero-order chi connectivity index (χ0) is 19.3. The molecule has 0 bridgehead atoms. The minimum Gasteiger partial charge on any atom is -0.396 e. The van der Waals surface area contributed by atoms with E-state index in [1.54, 1.807) is 0 Å². The monoisotopic (exact) mass is 369 g/mol. The van der Waals surface area contributed by atoms with E-state index >= 15 is 0 Å². The van der Waals surface area contributed by atoms with Gasteiger partial charge in [-0.3, -0.25) is 4.79 Å². The summed E-state index contributed by atoms with van der Waals surface area (Å²) in [4.78, 5) is 11.5. The van der Waals surface area contributed by atoms with Gasteiger partial charge in [0, 0.05) is 19.6 Å². The van der Waals surface area contributed by atoms with Gasteiger partial charge in [0.2, 0.25) is 5.91 Å². The summed E-state index contributed by atoms with van der Waals surface area (Å²) in [5.41, 5.74) is 0. The molecule has 0 spiro atoms. The standard InChI is InChI=1S/C23H47NO2/c1-22(2)18-15-13-11-9-7-5-3-4-6-8-10-12-14-16-19-23(26)24-20-17-21-25/h22,25H,3-21H2,1-2H3,(H,24,26). The maximum absolute atomic E-state index is 11.5. The highest BCUT2D eigenvalue weighted by Gasteiger charge is 2.00. The Morgan fingerprint density at radius 1 is 0.692 bits per heavy atom. The number of hydrogen-bond donors (Lipinski definition) is 2. The molecule has 3 nitrogen and oxygen atoms in total. The van der Waals surface area contributed by atoms with Crippen molar-refractivity contribution in [3.05, 3.63) is 0 Å². The quantitative estimate of drug-likeness (QED) is 0.244. The van der Waals surface area contributed by atoms with Crippen molar-refractivity contribution in [3.8, 4) is 0 Å². The molecule has 0 radical (unpaired) electrons. The molecule has 0 fully saturated rings. The second kappa shape index (κ2) is 20.7. The molecule has 0 rings (SSSR count). The Morgan fingerprint density at radius 3 is 1.54 bits per heavy atom. The molecule has 0 aliphatic carbocycles. The first-order valence-electron chi connectivity index (χ1n) is 11.5. The number of aliphatic hydroxyl groups excluding tert-OH is 1. The Balaban J connectivity index is 3.08. The number of nitrogens with one attached hydrogen (secondary N) is 1. The minimum absolute atomic E-state index is 0.137. The summed E-state index contributed by atoms with van der Waals surface area (Å²) in [6, 6.07) is 0. The van der Waals surface area contributed by atoms with Crippen LogP contribution in [0, 0.1) is 5.92 Å². The van der Waals surface area contributed by atoms with E-state index in [1.807, 2.05) is 0 Å². The molecule has 1 amide bonds. The van der Waals surface area contributed by atoms with Gasteiger partial charge in [-0.1, -0.05) is 104 Å². The van der Waals surface area contributed by atoms with Crippen molar-refractivity contribution >= 4 is 5.91 Å². The Morgan fingerprint density at radius 2 is 1.12 bits per heavy atom. The van der Waals surface area contributed by atoms with Crippen LogP contribution in [0.2, 0.25) is 0 Å². The van der Waals surface area contributed by atoms with Gasteiger partial charge in [0.1, 0.15) is 0 Å². The number of unbranched alkanes of at least 4 members (excludes halogenated alkanes) is 13. The fourth-order valence-corrected chi connectivity index (χ4v) is 3.35. The van der Waals surface area contributed by atoms with Gasteiger partial charge < -0.3 is 10.4 Å². The number of hydrogen-bond acceptors (Lipinski definition) is 2. The van der Waals surface area contributed by atoms with Gasteiger partial charge in [-0.25, -0.2) is 0 Å². The molecule has 0 unspecified atom stereocenters. The van der Waals surface area contributed by atoms with Crippen LogP contribution in [0.3, 0.4) is 0 Å². The summed E-state index contributed by atoms with van der Waals surface area (Å²) in [5, 5.41) is 11.5. The van der Waals surface area contributed by atoms with E-state index in [-0.39, 0.29) is 12.5 Å². The van der Waals surface area contributed by atoms with E-state index in [2.05, 4.69) is 19.2 Å². The topological polar surface area (TPSA) is 49.3 Å². The van der Waals surface area contributed by atoms with Crippen LogP contribution in [0.5, 0.6) is 0 Å². The van der Waals surface area contributed by atoms with Crippen LogP contribution in [0.25, 0.3) is 0 Å². The second-order valence-corrected chi connectivity index (χ2v) is 8.31. The van der Waals surface area contributed by atoms with Crippen LogP contribution < -0.4 is 5.32 Å². The lowest BCUT2D eigenvalue weighted by atomic mass is 10.0. The number of amides is 1. The summed E-state index contributed by atoms with van der Waals surface area (Å²) in [6.45, 7) is 5.40. The van der Waals surface area contributed by atoms with E-state index in [4.69, 9.17) is 5.11 Å². The minimum atomic E-state index is 0.137. The Hall–Kier alpha value is -0.570. The highest BCUT2D eigenvalue weighted by molar-refractivity contribution is 5.75. The molecule has 2 N–H and O–H groups in total. The molecule has 26 heavy (non-hydrogen) atoms. The van der Waals surface area contributed by atoms with Crippen molar-refractivity contribution in [1.29, 1.82) is 0 Å². The number of aliphatic hydroxyl groups is 1. The zero-order valence-electron chi connectivity index (χ0n) is 17.9. The first kappa shape index (κ1) is 25.4. The van der Waals surface area contributed by atoms with Gasteiger partial charge >= 0.3 is 0 Å². The van der Waals surface area contributed by atoms with Crippen molar-refractivity contribution in [3.63, 3.8) is 0 Å². The van der Waals surface area contributed by atoms with Crippen LogP contribution in [-0.2, 0) is 4.79 Å². The van der Waals surface area contributed by atoms with Crippen LogP contribution in [0.1, 0.15) is 123 Å². The lowest BCUT2D eigenvalue weighted by molar-refractivity contribution is -0.121. The predicted octanol–water partition coefficient (Wildman–Crippen LogP) is 6.38. The van der Waals surface area contributed by atoms with Crippen LogP contribution >= 0.6 is 0 Å². The third kappa shape index (κ3) is 21.5. The lowest BCUT2D eigenvalue weighted by Gasteiger charge is -2.05. The van der Waals surface area contributed by atoms with Crippen molar-refractivity contribution in [1.82, 2.24) is 5.32 Å². The molecule has 0 aromatic rings. The number of carbonyl (C=O) groups excluding carboxylic acids is 1. The molecular formula is C23H47NO2. The van der Waals surface area contributed by atoms with E-state index in [0.717, 1.165) is 12.3 Å². The third-order valence-electron chi connectivity index (χ3n) is 5.09. The maximum atomic E-state index is 11.5. The third-order valence-corrected chi connectivity index (χ3v) is 5.09. The van der Waals surface area contributed by atoms with Gasteiger partial charge in [0.25, 0.3) is 0 Å². The molecular weight excluding hydrogens is 322 g/mol. The average Bonchev–Trinajstić information content (AvgIpc) is 2.61. The molecule has 0 aromatic carbocycles. The molecule has 156 valence electrons. The summed E-state index contributed by atoms with van der Waals surface area (Å²) in [7, 11) is 0. The molecule has 0 aliphatic heterocycles. The highest BCUT2D eigenvalue weighted by Crippen LogP contribution is 2.14. The molecule has 3 heteroatoms. The molecule has 0 saturated heterocycles. The molecule has 0 heterocycles. The van der Waals surface area contributed by atoms with Crippen molar-refractivity contribution in [2.24, 2.45) is 5.92 Å². The molecule has 0 aliphatic rings. The van der Waals surface area contributed by atoms with E-state index in [9.17, 15) is 4.79 Å². The predicted molar refractivity (Wildman–Crippen MR) is 113 cm³/mol. The van der Waals surface area contributed by atoms with Crippen LogP contribution in [-0.4, -0.2) is 24.2 Å². The lowest BCUT2D eigenvalue weighted by Crippen LogP contribution is -2.24. The van der Waals surface area contributed by atoms with Crippen molar-refractivity contribution < 1.29 is 9.90 Å². The first-order chi connectivity index (χ1) is 12.7. The SMILES string of the molecule is CC(C)CCCCCCCCCCCCCCCCC(=O)NCCCO. The van der Waals surface area contributed by atoms with Gasteiger partial charge in [-0.15, -0.1) is 0 Å². The molecule has 0 saturated carbocycles.